The van der Waals surface area contributed by atoms with E-state index in [0.29, 0.717) is 13.1 Å². The molecule has 2 aromatic heterocycles. The van der Waals surface area contributed by atoms with E-state index in [1.165, 1.54) is 0 Å². The quantitative estimate of drug-likeness (QED) is 0.0903. The van der Waals surface area contributed by atoms with E-state index in [-0.39, 0.29) is 23.7 Å². The number of benzene rings is 4. The topological polar surface area (TPSA) is 112 Å². The van der Waals surface area contributed by atoms with Crippen molar-refractivity contribution in [2.75, 3.05) is 14.2 Å². The van der Waals surface area contributed by atoms with E-state index in [4.69, 9.17) is 9.47 Å². The molecule has 0 radical (unpaired) electrons. The van der Waals surface area contributed by atoms with Gasteiger partial charge in [-0.15, -0.1) is 0 Å². The predicted octanol–water partition coefficient (Wildman–Crippen LogP) is 9.73. The molecule has 2 heterocycles. The predicted molar refractivity (Wildman–Crippen MR) is 226 cm³/mol. The number of methoxy groups -OCH3 is 2. The smallest absolute Gasteiger partial charge is 0.223 e. The fourth-order valence-corrected chi connectivity index (χ4v) is 7.25. The summed E-state index contributed by atoms with van der Waals surface area (Å²) in [4.78, 5) is 25.0. The number of carbonyl (C=O) groups excluding carboxylic acids is 2. The molecular formula is C46H58N6O4. The SMILES string of the molecule is CCCC(CCC)C(=O)NCc1ccc2c(cnn2-c2ccccc2OC)c1.CCCC(CCC)C(=O)NCc1ccc2c(cnn2-c2ccccc2OC)c1. The molecule has 6 aromatic rings. The van der Waals surface area contributed by atoms with Crippen LogP contribution in [0.4, 0.5) is 0 Å². The van der Waals surface area contributed by atoms with Crippen LogP contribution in [0.15, 0.2) is 97.3 Å². The second kappa shape index (κ2) is 20.9. The molecule has 0 aliphatic carbocycles. The maximum absolute atomic E-state index is 12.5. The highest BCUT2D eigenvalue weighted by molar-refractivity contribution is 5.83. The summed E-state index contributed by atoms with van der Waals surface area (Å²) in [6.45, 7) is 9.59. The third-order valence-electron chi connectivity index (χ3n) is 10.1. The third-order valence-corrected chi connectivity index (χ3v) is 10.1. The lowest BCUT2D eigenvalue weighted by Crippen LogP contribution is -2.30. The van der Waals surface area contributed by atoms with Crippen molar-refractivity contribution in [3.05, 3.63) is 108 Å². The fourth-order valence-electron chi connectivity index (χ4n) is 7.25. The number of para-hydroxylation sites is 4. The summed E-state index contributed by atoms with van der Waals surface area (Å²) in [7, 11) is 3.32. The number of fused-ring (bicyclic) bond motifs is 2. The maximum Gasteiger partial charge on any atom is 0.223 e. The molecule has 4 aromatic carbocycles. The van der Waals surface area contributed by atoms with Gasteiger partial charge in [-0.05, 0) is 85.3 Å². The van der Waals surface area contributed by atoms with Gasteiger partial charge in [-0.2, -0.15) is 10.2 Å². The first-order chi connectivity index (χ1) is 27.3. The van der Waals surface area contributed by atoms with Gasteiger partial charge in [0.2, 0.25) is 11.8 Å². The number of rotatable bonds is 18. The molecule has 296 valence electrons. The summed E-state index contributed by atoms with van der Waals surface area (Å²) in [6, 6.07) is 28.0. The average Bonchev–Trinajstić information content (AvgIpc) is 3.86. The highest BCUT2D eigenvalue weighted by Gasteiger charge is 2.18. The van der Waals surface area contributed by atoms with E-state index in [1.54, 1.807) is 14.2 Å². The maximum atomic E-state index is 12.5. The Morgan fingerprint density at radius 2 is 0.946 bits per heavy atom. The summed E-state index contributed by atoms with van der Waals surface area (Å²) >= 11 is 0. The second-order valence-corrected chi connectivity index (χ2v) is 14.2. The van der Waals surface area contributed by atoms with E-state index >= 15 is 0 Å². The minimum atomic E-state index is 0.118. The number of nitrogens with one attached hydrogen (secondary N) is 2. The van der Waals surface area contributed by atoms with Gasteiger partial charge in [0.15, 0.2) is 0 Å². The molecule has 56 heavy (non-hydrogen) atoms. The molecule has 6 rings (SSSR count). The first-order valence-electron chi connectivity index (χ1n) is 20.1. The van der Waals surface area contributed by atoms with Gasteiger partial charge in [-0.25, -0.2) is 9.36 Å². The molecule has 0 saturated heterocycles. The molecule has 2 amide bonds. The van der Waals surface area contributed by atoms with Gasteiger partial charge in [0.25, 0.3) is 0 Å². The summed E-state index contributed by atoms with van der Waals surface area (Å²) < 4.78 is 14.7. The monoisotopic (exact) mass is 758 g/mol. The van der Waals surface area contributed by atoms with Crippen LogP contribution in [0.1, 0.15) is 90.2 Å². The van der Waals surface area contributed by atoms with Crippen molar-refractivity contribution in [2.45, 2.75) is 92.2 Å². The number of carbonyl (C=O) groups is 2. The van der Waals surface area contributed by atoms with Gasteiger partial charge in [0.1, 0.15) is 22.9 Å². The van der Waals surface area contributed by atoms with Gasteiger partial charge in [-0.3, -0.25) is 9.59 Å². The molecule has 10 heteroatoms. The van der Waals surface area contributed by atoms with Gasteiger partial charge >= 0.3 is 0 Å². The summed E-state index contributed by atoms with van der Waals surface area (Å²) in [5, 5.41) is 17.4. The number of amides is 2. The van der Waals surface area contributed by atoms with Crippen molar-refractivity contribution in [2.24, 2.45) is 11.8 Å². The van der Waals surface area contributed by atoms with Crippen LogP contribution in [-0.2, 0) is 22.7 Å². The number of ether oxygens (including phenoxy) is 2. The molecule has 0 atom stereocenters. The second-order valence-electron chi connectivity index (χ2n) is 14.2. The normalized spacial score (nSPS) is 11.1. The zero-order valence-electron chi connectivity index (χ0n) is 33.9. The molecule has 0 bridgehead atoms. The lowest BCUT2D eigenvalue weighted by Gasteiger charge is -2.15. The van der Waals surface area contributed by atoms with Crippen LogP contribution in [0, 0.1) is 11.8 Å². The first-order valence-corrected chi connectivity index (χ1v) is 20.1. The van der Waals surface area contributed by atoms with Crippen molar-refractivity contribution in [1.82, 2.24) is 30.2 Å². The molecule has 10 nitrogen and oxygen atoms in total. The Morgan fingerprint density at radius 1 is 0.571 bits per heavy atom. The summed E-state index contributed by atoms with van der Waals surface area (Å²) in [5.41, 5.74) is 5.98. The van der Waals surface area contributed by atoms with Crippen LogP contribution >= 0.6 is 0 Å². The van der Waals surface area contributed by atoms with Crippen LogP contribution < -0.4 is 20.1 Å². The Hall–Kier alpha value is -5.64. The Morgan fingerprint density at radius 3 is 1.30 bits per heavy atom. The highest BCUT2D eigenvalue weighted by Crippen LogP contribution is 2.28. The van der Waals surface area contributed by atoms with E-state index in [9.17, 15) is 9.59 Å². The zero-order valence-corrected chi connectivity index (χ0v) is 33.9. The molecule has 0 aliphatic rings. The van der Waals surface area contributed by atoms with Gasteiger partial charge < -0.3 is 20.1 Å². The standard InChI is InChI=1S/2C23H29N3O2/c2*1-4-8-18(9-5-2)23(27)24-15-17-12-13-20-19(14-17)16-25-26(20)21-10-6-7-11-22(21)28-3/h2*6-7,10-14,16,18H,4-5,8-9,15H2,1-3H3,(H,24,27). The van der Waals surface area contributed by atoms with E-state index in [1.807, 2.05) is 94.6 Å². The Kier molecular flexibility index (Phi) is 15.5. The van der Waals surface area contributed by atoms with Gasteiger partial charge in [0, 0.05) is 35.7 Å². The average molecular weight is 759 g/mol. The Bertz CT molecular complexity index is 2010. The van der Waals surface area contributed by atoms with Crippen LogP contribution in [0.3, 0.4) is 0 Å². The summed E-state index contributed by atoms with van der Waals surface area (Å²) in [5.74, 6) is 2.12. The molecule has 0 saturated carbocycles. The van der Waals surface area contributed by atoms with Crippen LogP contribution in [0.5, 0.6) is 11.5 Å². The number of hydrogen-bond donors (Lipinski definition) is 2. The molecule has 2 N–H and O–H groups in total. The highest BCUT2D eigenvalue weighted by atomic mass is 16.5. The molecular weight excluding hydrogens is 701 g/mol. The first kappa shape index (κ1) is 41.5. The van der Waals surface area contributed by atoms with E-state index in [0.717, 1.165) is 107 Å². The molecule has 0 aliphatic heterocycles. The summed E-state index contributed by atoms with van der Waals surface area (Å²) in [6.07, 6.45) is 11.6. The zero-order chi connectivity index (χ0) is 39.9. The lowest BCUT2D eigenvalue weighted by atomic mass is 9.97. The van der Waals surface area contributed by atoms with E-state index in [2.05, 4.69) is 60.7 Å². The van der Waals surface area contributed by atoms with Crippen molar-refractivity contribution < 1.29 is 19.1 Å². The van der Waals surface area contributed by atoms with Crippen molar-refractivity contribution in [3.63, 3.8) is 0 Å². The Balaban J connectivity index is 0.000000214. The lowest BCUT2D eigenvalue weighted by molar-refractivity contribution is -0.126. The van der Waals surface area contributed by atoms with Crippen LogP contribution in [0.2, 0.25) is 0 Å². The minimum Gasteiger partial charge on any atom is -0.494 e. The number of nitrogens with zero attached hydrogens (tertiary/aromatic N) is 4. The van der Waals surface area contributed by atoms with Crippen LogP contribution in [-0.4, -0.2) is 45.6 Å². The molecule has 0 spiro atoms. The van der Waals surface area contributed by atoms with Crippen molar-refractivity contribution >= 4 is 33.6 Å². The van der Waals surface area contributed by atoms with Crippen molar-refractivity contribution in [1.29, 1.82) is 0 Å². The van der Waals surface area contributed by atoms with Gasteiger partial charge in [0.05, 0.1) is 37.6 Å². The minimum absolute atomic E-state index is 0.118. The van der Waals surface area contributed by atoms with Crippen molar-refractivity contribution in [3.8, 4) is 22.9 Å². The molecule has 0 fully saturated rings. The Labute approximate surface area is 331 Å². The third kappa shape index (κ3) is 10.4. The fraction of sp³-hybridized carbons (Fsp3) is 0.391. The molecule has 0 unspecified atom stereocenters. The van der Waals surface area contributed by atoms with Gasteiger partial charge in [-0.1, -0.05) is 89.8 Å². The number of aromatic nitrogens is 4. The number of hydrogen-bond acceptors (Lipinski definition) is 6. The van der Waals surface area contributed by atoms with E-state index < -0.39 is 0 Å². The van der Waals surface area contributed by atoms with Crippen LogP contribution in [0.25, 0.3) is 33.2 Å². The largest absolute Gasteiger partial charge is 0.494 e.